The van der Waals surface area contributed by atoms with Crippen molar-refractivity contribution >= 4 is 5.95 Å². The fraction of sp³-hybridized carbons (Fsp3) is 0.316. The number of hydrogen-bond donors (Lipinski definition) is 1. The number of anilines is 1. The van der Waals surface area contributed by atoms with Crippen LogP contribution < -0.4 is 4.90 Å². The zero-order valence-corrected chi connectivity index (χ0v) is 14.4. The maximum atomic E-state index is 9.93. The Bertz CT molecular complexity index is 835. The van der Waals surface area contributed by atoms with Gasteiger partial charge in [-0.25, -0.2) is 4.68 Å². The van der Waals surface area contributed by atoms with Crippen molar-refractivity contribution < 1.29 is 9.84 Å². The molecule has 1 aliphatic rings. The van der Waals surface area contributed by atoms with Crippen LogP contribution in [0.2, 0.25) is 0 Å². The average Bonchev–Trinajstić information content (AvgIpc) is 3.02. The summed E-state index contributed by atoms with van der Waals surface area (Å²) < 4.78 is 7.14. The fourth-order valence-corrected chi connectivity index (χ4v) is 3.11. The highest BCUT2D eigenvalue weighted by atomic mass is 16.5. The number of benzene rings is 2. The predicted molar refractivity (Wildman–Crippen MR) is 97.8 cm³/mol. The number of ether oxygens (including phenoxy) is 1. The van der Waals surface area contributed by atoms with Crippen molar-refractivity contribution in [3.63, 3.8) is 0 Å². The van der Waals surface area contributed by atoms with Crippen LogP contribution >= 0.6 is 0 Å². The van der Waals surface area contributed by atoms with Gasteiger partial charge in [-0.3, -0.25) is 0 Å². The summed E-state index contributed by atoms with van der Waals surface area (Å²) >= 11 is 0. The first kappa shape index (κ1) is 16.7. The quantitative estimate of drug-likeness (QED) is 0.769. The molecule has 7 heteroatoms. The van der Waals surface area contributed by atoms with Gasteiger partial charge in [-0.05, 0) is 27.1 Å². The molecule has 4 rings (SSSR count). The van der Waals surface area contributed by atoms with Crippen molar-refractivity contribution in [1.82, 2.24) is 20.2 Å². The Morgan fingerprint density at radius 2 is 1.81 bits per heavy atom. The predicted octanol–water partition coefficient (Wildman–Crippen LogP) is 1.59. The first-order valence-corrected chi connectivity index (χ1v) is 8.71. The summed E-state index contributed by atoms with van der Waals surface area (Å²) in [7, 11) is 0. The third-order valence-corrected chi connectivity index (χ3v) is 4.44. The lowest BCUT2D eigenvalue weighted by molar-refractivity contribution is 0.0597. The van der Waals surface area contributed by atoms with Crippen LogP contribution in [0.4, 0.5) is 5.95 Å². The minimum absolute atomic E-state index is 0.346. The van der Waals surface area contributed by atoms with Gasteiger partial charge in [0.25, 0.3) is 0 Å². The van der Waals surface area contributed by atoms with E-state index in [1.807, 2.05) is 23.1 Å². The fourth-order valence-electron chi connectivity index (χ4n) is 3.11. The SMILES string of the molecule is O[C@@H]1COCCN(c2nnnn2Cc2ccc(-c3ccccc3)cc2)C1. The van der Waals surface area contributed by atoms with Gasteiger partial charge in [-0.15, -0.1) is 0 Å². The van der Waals surface area contributed by atoms with E-state index < -0.39 is 6.10 Å². The summed E-state index contributed by atoms with van der Waals surface area (Å²) in [5, 5.41) is 22.0. The van der Waals surface area contributed by atoms with Crippen LogP contribution in [-0.4, -0.2) is 57.7 Å². The highest BCUT2D eigenvalue weighted by molar-refractivity contribution is 5.63. The number of rotatable bonds is 4. The molecule has 2 aromatic carbocycles. The van der Waals surface area contributed by atoms with Crippen molar-refractivity contribution in [2.24, 2.45) is 0 Å². The summed E-state index contributed by atoms with van der Waals surface area (Å²) in [5.41, 5.74) is 3.49. The van der Waals surface area contributed by atoms with Gasteiger partial charge < -0.3 is 14.7 Å². The number of aliphatic hydroxyl groups is 1. The molecule has 0 saturated carbocycles. The van der Waals surface area contributed by atoms with Crippen molar-refractivity contribution in [1.29, 1.82) is 0 Å². The minimum Gasteiger partial charge on any atom is -0.389 e. The topological polar surface area (TPSA) is 76.3 Å². The Morgan fingerprint density at radius 3 is 2.62 bits per heavy atom. The van der Waals surface area contributed by atoms with E-state index in [4.69, 9.17) is 4.74 Å². The van der Waals surface area contributed by atoms with Gasteiger partial charge in [0.05, 0.1) is 25.9 Å². The Balaban J connectivity index is 1.50. The van der Waals surface area contributed by atoms with Crippen LogP contribution in [-0.2, 0) is 11.3 Å². The smallest absolute Gasteiger partial charge is 0.246 e. The molecule has 7 nitrogen and oxygen atoms in total. The molecule has 26 heavy (non-hydrogen) atoms. The van der Waals surface area contributed by atoms with Gasteiger partial charge in [0, 0.05) is 13.1 Å². The third-order valence-electron chi connectivity index (χ3n) is 4.44. The van der Waals surface area contributed by atoms with Gasteiger partial charge in [0.2, 0.25) is 5.95 Å². The molecule has 1 atom stereocenters. The zero-order valence-electron chi connectivity index (χ0n) is 14.4. The average molecular weight is 351 g/mol. The van der Waals surface area contributed by atoms with E-state index in [0.29, 0.717) is 38.8 Å². The van der Waals surface area contributed by atoms with E-state index >= 15 is 0 Å². The van der Waals surface area contributed by atoms with Gasteiger partial charge in [0.15, 0.2) is 0 Å². The van der Waals surface area contributed by atoms with Crippen molar-refractivity contribution in [3.8, 4) is 11.1 Å². The molecule has 3 aromatic rings. The van der Waals surface area contributed by atoms with Crippen LogP contribution in [0.1, 0.15) is 5.56 Å². The molecule has 0 amide bonds. The van der Waals surface area contributed by atoms with Gasteiger partial charge in [0.1, 0.15) is 0 Å². The standard InChI is InChI=1S/C19H21N5O2/c25-18-13-23(10-11-26-14-18)19-20-21-22-24(19)12-15-6-8-17(9-7-15)16-4-2-1-3-5-16/h1-9,18,25H,10-14H2/t18-/m0/s1. The molecule has 1 saturated heterocycles. The van der Waals surface area contributed by atoms with Crippen molar-refractivity contribution in [2.45, 2.75) is 12.6 Å². The van der Waals surface area contributed by atoms with E-state index in [1.165, 1.54) is 11.1 Å². The zero-order chi connectivity index (χ0) is 17.8. The van der Waals surface area contributed by atoms with Crippen molar-refractivity contribution in [2.75, 3.05) is 31.2 Å². The van der Waals surface area contributed by atoms with Crippen LogP contribution in [0, 0.1) is 0 Å². The second-order valence-electron chi connectivity index (χ2n) is 6.37. The first-order chi connectivity index (χ1) is 12.8. The second kappa shape index (κ2) is 7.63. The van der Waals surface area contributed by atoms with Gasteiger partial charge in [-0.1, -0.05) is 59.7 Å². The lowest BCUT2D eigenvalue weighted by Crippen LogP contribution is -2.34. The van der Waals surface area contributed by atoms with Gasteiger partial charge >= 0.3 is 0 Å². The molecule has 0 radical (unpaired) electrons. The molecule has 0 spiro atoms. The number of aromatic nitrogens is 4. The van der Waals surface area contributed by atoms with Crippen LogP contribution in [0.25, 0.3) is 11.1 Å². The molecule has 1 aromatic heterocycles. The van der Waals surface area contributed by atoms with Crippen molar-refractivity contribution in [3.05, 3.63) is 60.2 Å². The summed E-state index contributed by atoms with van der Waals surface area (Å²) in [6, 6.07) is 18.7. The molecule has 2 heterocycles. The minimum atomic E-state index is -0.534. The first-order valence-electron chi connectivity index (χ1n) is 8.71. The molecular formula is C19H21N5O2. The Labute approximate surface area is 151 Å². The molecule has 0 aliphatic carbocycles. The molecule has 1 fully saturated rings. The summed E-state index contributed by atoms with van der Waals surface area (Å²) in [6.07, 6.45) is -0.534. The number of nitrogens with zero attached hydrogens (tertiary/aromatic N) is 5. The largest absolute Gasteiger partial charge is 0.389 e. The lowest BCUT2D eigenvalue weighted by atomic mass is 10.0. The number of aliphatic hydroxyl groups excluding tert-OH is 1. The third kappa shape index (κ3) is 3.74. The molecule has 0 unspecified atom stereocenters. The Kier molecular flexibility index (Phi) is 4.90. The second-order valence-corrected chi connectivity index (χ2v) is 6.37. The van der Waals surface area contributed by atoms with Gasteiger partial charge in [-0.2, -0.15) is 0 Å². The van der Waals surface area contributed by atoms with Crippen LogP contribution in [0.15, 0.2) is 54.6 Å². The highest BCUT2D eigenvalue weighted by Crippen LogP contribution is 2.20. The number of tetrazole rings is 1. The van der Waals surface area contributed by atoms with E-state index in [9.17, 15) is 5.11 Å². The maximum absolute atomic E-state index is 9.93. The van der Waals surface area contributed by atoms with E-state index in [0.717, 1.165) is 5.56 Å². The van der Waals surface area contributed by atoms with Crippen LogP contribution in [0.5, 0.6) is 0 Å². The summed E-state index contributed by atoms with van der Waals surface area (Å²) in [6.45, 7) is 2.59. The summed E-state index contributed by atoms with van der Waals surface area (Å²) in [4.78, 5) is 1.97. The summed E-state index contributed by atoms with van der Waals surface area (Å²) in [5.74, 6) is 0.654. The monoisotopic (exact) mass is 351 g/mol. The normalized spacial score (nSPS) is 17.9. The maximum Gasteiger partial charge on any atom is 0.246 e. The molecule has 0 bridgehead atoms. The molecule has 1 N–H and O–H groups in total. The lowest BCUT2D eigenvalue weighted by Gasteiger charge is -2.21. The number of hydrogen-bond acceptors (Lipinski definition) is 6. The van der Waals surface area contributed by atoms with E-state index in [1.54, 1.807) is 4.68 Å². The van der Waals surface area contributed by atoms with E-state index in [2.05, 4.69) is 51.9 Å². The molecular weight excluding hydrogens is 330 g/mol. The number of β-amino-alcohol motifs (C(OH)–C–C–N with tert-alkyl or cyclic N) is 1. The molecule has 1 aliphatic heterocycles. The highest BCUT2D eigenvalue weighted by Gasteiger charge is 2.21. The molecule has 134 valence electrons. The Morgan fingerprint density at radius 1 is 1.04 bits per heavy atom. The van der Waals surface area contributed by atoms with E-state index in [-0.39, 0.29) is 0 Å². The van der Waals surface area contributed by atoms with Crippen LogP contribution in [0.3, 0.4) is 0 Å². The Hall–Kier alpha value is -2.77.